The van der Waals surface area contributed by atoms with Gasteiger partial charge in [-0.3, -0.25) is 0 Å². The summed E-state index contributed by atoms with van der Waals surface area (Å²) in [4.78, 5) is 4.83. The quantitative estimate of drug-likeness (QED) is 0.760. The van der Waals surface area contributed by atoms with Crippen LogP contribution in [-0.4, -0.2) is 29.3 Å². The molecule has 0 fully saturated rings. The lowest BCUT2D eigenvalue weighted by Crippen LogP contribution is -2.14. The Morgan fingerprint density at radius 1 is 1.19 bits per heavy atom. The van der Waals surface area contributed by atoms with Gasteiger partial charge in [-0.25, -0.2) is 4.98 Å². The predicted molar refractivity (Wildman–Crippen MR) is 87.7 cm³/mol. The van der Waals surface area contributed by atoms with Crippen molar-refractivity contribution in [3.63, 3.8) is 0 Å². The number of hydrogen-bond acceptors (Lipinski definition) is 3. The third-order valence-corrected chi connectivity index (χ3v) is 3.92. The van der Waals surface area contributed by atoms with Crippen molar-refractivity contribution in [2.75, 3.05) is 19.8 Å². The average molecular weight is 289 g/mol. The van der Waals surface area contributed by atoms with E-state index < -0.39 is 0 Å². The summed E-state index contributed by atoms with van der Waals surface area (Å²) >= 11 is 0. The van der Waals surface area contributed by atoms with Crippen molar-refractivity contribution in [3.05, 3.63) is 29.1 Å². The molecule has 4 nitrogen and oxygen atoms in total. The standard InChI is InChI=1S/C17H27N3O/c1-4-5-6-17-19-15-11-13(2)14(3)12-16(15)20(17)8-10-21-9-7-18/h11-12H,4-10,18H2,1-3H3. The summed E-state index contributed by atoms with van der Waals surface area (Å²) in [7, 11) is 0. The molecule has 0 amide bonds. The molecule has 4 heteroatoms. The van der Waals surface area contributed by atoms with Gasteiger partial charge in [0.05, 0.1) is 24.2 Å². The van der Waals surface area contributed by atoms with Crippen molar-refractivity contribution in [1.82, 2.24) is 9.55 Å². The Labute approximate surface area is 127 Å². The first-order valence-electron chi connectivity index (χ1n) is 7.91. The molecule has 0 aliphatic carbocycles. The van der Waals surface area contributed by atoms with Crippen LogP contribution in [0.15, 0.2) is 12.1 Å². The molecule has 2 rings (SSSR count). The Balaban J connectivity index is 2.29. The van der Waals surface area contributed by atoms with Crippen LogP contribution in [0.1, 0.15) is 36.7 Å². The van der Waals surface area contributed by atoms with E-state index in [1.54, 1.807) is 0 Å². The molecule has 1 aromatic heterocycles. The van der Waals surface area contributed by atoms with Crippen molar-refractivity contribution < 1.29 is 4.74 Å². The number of imidazole rings is 1. The summed E-state index contributed by atoms with van der Waals surface area (Å²) < 4.78 is 7.86. The van der Waals surface area contributed by atoms with E-state index >= 15 is 0 Å². The third-order valence-electron chi connectivity index (χ3n) is 3.92. The lowest BCUT2D eigenvalue weighted by molar-refractivity contribution is 0.133. The second kappa shape index (κ2) is 7.57. The lowest BCUT2D eigenvalue weighted by Gasteiger charge is -2.10. The summed E-state index contributed by atoms with van der Waals surface area (Å²) in [6.07, 6.45) is 3.38. The lowest BCUT2D eigenvalue weighted by atomic mass is 10.1. The fourth-order valence-electron chi connectivity index (χ4n) is 2.55. The Morgan fingerprint density at radius 3 is 2.67 bits per heavy atom. The van der Waals surface area contributed by atoms with Crippen LogP contribution < -0.4 is 5.73 Å². The molecule has 0 saturated carbocycles. The molecule has 0 aliphatic rings. The van der Waals surface area contributed by atoms with Gasteiger partial charge in [-0.05, 0) is 43.5 Å². The van der Waals surface area contributed by atoms with Gasteiger partial charge in [-0.15, -0.1) is 0 Å². The topological polar surface area (TPSA) is 53.1 Å². The van der Waals surface area contributed by atoms with Crippen molar-refractivity contribution >= 4 is 11.0 Å². The molecule has 1 aromatic carbocycles. The van der Waals surface area contributed by atoms with Crippen LogP contribution in [0.4, 0.5) is 0 Å². The van der Waals surface area contributed by atoms with E-state index in [9.17, 15) is 0 Å². The fourth-order valence-corrected chi connectivity index (χ4v) is 2.55. The Morgan fingerprint density at radius 2 is 1.95 bits per heavy atom. The summed E-state index contributed by atoms with van der Waals surface area (Å²) in [5.74, 6) is 1.17. The maximum Gasteiger partial charge on any atom is 0.109 e. The molecule has 0 bridgehead atoms. The maximum absolute atomic E-state index is 5.54. The second-order valence-electron chi connectivity index (χ2n) is 5.61. The van der Waals surface area contributed by atoms with E-state index in [0.717, 1.165) is 18.5 Å². The number of unbranched alkanes of at least 4 members (excludes halogenated alkanes) is 1. The Hall–Kier alpha value is -1.39. The van der Waals surface area contributed by atoms with Crippen LogP contribution in [0.3, 0.4) is 0 Å². The normalized spacial score (nSPS) is 11.4. The monoisotopic (exact) mass is 289 g/mol. The minimum absolute atomic E-state index is 0.575. The first kappa shape index (κ1) is 16.0. The number of nitrogens with zero attached hydrogens (tertiary/aromatic N) is 2. The van der Waals surface area contributed by atoms with Gasteiger partial charge in [-0.2, -0.15) is 0 Å². The first-order chi connectivity index (χ1) is 10.2. The fraction of sp³-hybridized carbons (Fsp3) is 0.588. The maximum atomic E-state index is 5.54. The zero-order valence-corrected chi connectivity index (χ0v) is 13.5. The zero-order chi connectivity index (χ0) is 15.2. The van der Waals surface area contributed by atoms with E-state index in [1.807, 2.05) is 0 Å². The van der Waals surface area contributed by atoms with Gasteiger partial charge in [-0.1, -0.05) is 13.3 Å². The second-order valence-corrected chi connectivity index (χ2v) is 5.61. The summed E-state index contributed by atoms with van der Waals surface area (Å²) in [6.45, 7) is 9.24. The molecule has 2 aromatic rings. The van der Waals surface area contributed by atoms with E-state index in [4.69, 9.17) is 15.5 Å². The largest absolute Gasteiger partial charge is 0.378 e. The number of aromatic nitrogens is 2. The summed E-state index contributed by atoms with van der Waals surface area (Å²) in [5, 5.41) is 0. The molecule has 0 radical (unpaired) electrons. The third kappa shape index (κ3) is 3.83. The molecule has 0 unspecified atom stereocenters. The first-order valence-corrected chi connectivity index (χ1v) is 7.91. The van der Waals surface area contributed by atoms with Gasteiger partial charge >= 0.3 is 0 Å². The molecular weight excluding hydrogens is 262 g/mol. The molecule has 2 N–H and O–H groups in total. The minimum Gasteiger partial charge on any atom is -0.378 e. The van der Waals surface area contributed by atoms with Gasteiger partial charge in [0.15, 0.2) is 0 Å². The number of nitrogens with two attached hydrogens (primary N) is 1. The minimum atomic E-state index is 0.575. The number of fused-ring (bicyclic) bond motifs is 1. The van der Waals surface area contributed by atoms with Gasteiger partial charge in [0.1, 0.15) is 5.82 Å². The molecular formula is C17H27N3O. The smallest absolute Gasteiger partial charge is 0.109 e. The van der Waals surface area contributed by atoms with Gasteiger partial charge in [0, 0.05) is 19.5 Å². The van der Waals surface area contributed by atoms with Crippen LogP contribution in [0.5, 0.6) is 0 Å². The van der Waals surface area contributed by atoms with Crippen LogP contribution in [0, 0.1) is 13.8 Å². The zero-order valence-electron chi connectivity index (χ0n) is 13.5. The summed E-state index contributed by atoms with van der Waals surface area (Å²) in [5.41, 5.74) is 10.4. The van der Waals surface area contributed by atoms with Crippen LogP contribution in [0.2, 0.25) is 0 Å². The van der Waals surface area contributed by atoms with E-state index in [2.05, 4.69) is 37.5 Å². The number of benzene rings is 1. The Kier molecular flexibility index (Phi) is 5.76. The molecule has 0 saturated heterocycles. The van der Waals surface area contributed by atoms with Gasteiger partial charge < -0.3 is 15.0 Å². The molecule has 0 spiro atoms. The number of aryl methyl sites for hydroxylation is 3. The highest BCUT2D eigenvalue weighted by Crippen LogP contribution is 2.21. The van der Waals surface area contributed by atoms with Gasteiger partial charge in [0.25, 0.3) is 0 Å². The van der Waals surface area contributed by atoms with Crippen molar-refractivity contribution in [1.29, 1.82) is 0 Å². The van der Waals surface area contributed by atoms with Crippen molar-refractivity contribution in [2.45, 2.75) is 46.6 Å². The SMILES string of the molecule is CCCCc1nc2cc(C)c(C)cc2n1CCOCCN. The number of hydrogen-bond donors (Lipinski definition) is 1. The van der Waals surface area contributed by atoms with E-state index in [1.165, 1.54) is 35.3 Å². The van der Waals surface area contributed by atoms with Gasteiger partial charge in [0.2, 0.25) is 0 Å². The van der Waals surface area contributed by atoms with Crippen molar-refractivity contribution in [2.24, 2.45) is 5.73 Å². The average Bonchev–Trinajstić information content (AvgIpc) is 2.79. The molecule has 0 atom stereocenters. The predicted octanol–water partition coefficient (Wildman–Crippen LogP) is 2.97. The summed E-state index contributed by atoms with van der Waals surface area (Å²) in [6, 6.07) is 4.44. The number of ether oxygens (including phenoxy) is 1. The molecule has 0 aliphatic heterocycles. The highest BCUT2D eigenvalue weighted by atomic mass is 16.5. The Bertz CT molecular complexity index is 589. The van der Waals surface area contributed by atoms with Crippen LogP contribution in [-0.2, 0) is 17.7 Å². The van der Waals surface area contributed by atoms with Crippen LogP contribution >= 0.6 is 0 Å². The molecule has 116 valence electrons. The molecule has 1 heterocycles. The highest BCUT2D eigenvalue weighted by Gasteiger charge is 2.11. The van der Waals surface area contributed by atoms with Crippen molar-refractivity contribution in [3.8, 4) is 0 Å². The molecule has 21 heavy (non-hydrogen) atoms. The number of rotatable bonds is 8. The van der Waals surface area contributed by atoms with Crippen LogP contribution in [0.25, 0.3) is 11.0 Å². The van der Waals surface area contributed by atoms with E-state index in [-0.39, 0.29) is 0 Å². The van der Waals surface area contributed by atoms with E-state index in [0.29, 0.717) is 19.8 Å². The highest BCUT2D eigenvalue weighted by molar-refractivity contribution is 5.78.